The van der Waals surface area contributed by atoms with E-state index in [-0.39, 0.29) is 30.4 Å². The van der Waals surface area contributed by atoms with Gasteiger partial charge in [0.15, 0.2) is 0 Å². The number of nitrogens with one attached hydrogen (secondary N) is 1. The van der Waals surface area contributed by atoms with Crippen LogP contribution in [-0.2, 0) is 20.9 Å². The van der Waals surface area contributed by atoms with E-state index in [1.807, 2.05) is 75.4 Å². The summed E-state index contributed by atoms with van der Waals surface area (Å²) >= 11 is 0. The van der Waals surface area contributed by atoms with E-state index in [1.54, 1.807) is 4.90 Å². The summed E-state index contributed by atoms with van der Waals surface area (Å²) in [6.45, 7) is 6.26. The highest BCUT2D eigenvalue weighted by Crippen LogP contribution is 2.31. The van der Waals surface area contributed by atoms with Gasteiger partial charge in [-0.2, -0.15) is 0 Å². The van der Waals surface area contributed by atoms with Crippen LogP contribution in [0.25, 0.3) is 0 Å². The summed E-state index contributed by atoms with van der Waals surface area (Å²) in [6, 6.07) is 16.6. The van der Waals surface area contributed by atoms with Crippen molar-refractivity contribution in [3.63, 3.8) is 0 Å². The molecule has 1 aliphatic rings. The largest absolute Gasteiger partial charge is 0.394 e. The molecule has 0 saturated carbocycles. The van der Waals surface area contributed by atoms with Crippen molar-refractivity contribution in [2.75, 3.05) is 18.5 Å². The molecule has 6 heteroatoms. The van der Waals surface area contributed by atoms with Gasteiger partial charge in [0.25, 0.3) is 0 Å². The van der Waals surface area contributed by atoms with Crippen LogP contribution in [0.2, 0.25) is 0 Å². The van der Waals surface area contributed by atoms with Crippen LogP contribution < -0.4 is 5.32 Å². The van der Waals surface area contributed by atoms with E-state index in [4.69, 9.17) is 4.74 Å². The smallest absolute Gasteiger partial charge is 0.249 e. The summed E-state index contributed by atoms with van der Waals surface area (Å²) in [6.07, 6.45) is -0.000343. The SMILES string of the molecule is CC(C)(C)CC(=O)Nc1ccc(C2OCC(=O)N(Cc3ccccc3)C2CO)cc1. The van der Waals surface area contributed by atoms with Crippen molar-refractivity contribution >= 4 is 17.5 Å². The molecular formula is C24H30N2O4. The Kier molecular flexibility index (Phi) is 6.90. The van der Waals surface area contributed by atoms with Crippen LogP contribution in [0.4, 0.5) is 5.69 Å². The summed E-state index contributed by atoms with van der Waals surface area (Å²) in [5.74, 6) is -0.169. The number of nitrogens with zero attached hydrogens (tertiary/aromatic N) is 1. The zero-order valence-electron chi connectivity index (χ0n) is 17.8. The molecule has 0 aliphatic carbocycles. The first-order chi connectivity index (χ1) is 14.3. The van der Waals surface area contributed by atoms with Gasteiger partial charge in [0, 0.05) is 18.7 Å². The average Bonchev–Trinajstić information content (AvgIpc) is 2.69. The number of ether oxygens (including phenoxy) is 1. The molecule has 2 aromatic carbocycles. The maximum atomic E-state index is 12.5. The molecule has 1 saturated heterocycles. The van der Waals surface area contributed by atoms with E-state index in [0.29, 0.717) is 18.7 Å². The van der Waals surface area contributed by atoms with Gasteiger partial charge in [0.1, 0.15) is 12.7 Å². The normalized spacial score (nSPS) is 19.6. The molecule has 3 rings (SSSR count). The van der Waals surface area contributed by atoms with Crippen molar-refractivity contribution in [1.82, 2.24) is 4.90 Å². The van der Waals surface area contributed by atoms with Crippen LogP contribution >= 0.6 is 0 Å². The van der Waals surface area contributed by atoms with Gasteiger partial charge in [-0.25, -0.2) is 0 Å². The maximum Gasteiger partial charge on any atom is 0.249 e. The van der Waals surface area contributed by atoms with E-state index >= 15 is 0 Å². The predicted molar refractivity (Wildman–Crippen MR) is 116 cm³/mol. The van der Waals surface area contributed by atoms with Crippen molar-refractivity contribution in [3.8, 4) is 0 Å². The summed E-state index contributed by atoms with van der Waals surface area (Å²) in [4.78, 5) is 26.3. The van der Waals surface area contributed by atoms with Gasteiger partial charge in [-0.3, -0.25) is 9.59 Å². The number of aliphatic hydroxyl groups is 1. The second kappa shape index (κ2) is 9.41. The molecule has 2 atom stereocenters. The fourth-order valence-electron chi connectivity index (χ4n) is 3.64. The molecule has 0 aromatic heterocycles. The van der Waals surface area contributed by atoms with E-state index in [1.165, 1.54) is 0 Å². The Morgan fingerprint density at radius 3 is 2.40 bits per heavy atom. The summed E-state index contributed by atoms with van der Waals surface area (Å²) in [5.41, 5.74) is 2.49. The minimum atomic E-state index is -0.479. The number of aliphatic hydroxyl groups excluding tert-OH is 1. The highest BCUT2D eigenvalue weighted by Gasteiger charge is 2.37. The Balaban J connectivity index is 1.72. The zero-order chi connectivity index (χ0) is 21.7. The number of hydrogen-bond acceptors (Lipinski definition) is 4. The van der Waals surface area contributed by atoms with Gasteiger partial charge in [0.2, 0.25) is 11.8 Å². The maximum absolute atomic E-state index is 12.5. The minimum absolute atomic E-state index is 0.0297. The van der Waals surface area contributed by atoms with E-state index in [0.717, 1.165) is 11.1 Å². The fourth-order valence-corrected chi connectivity index (χ4v) is 3.64. The second-order valence-corrected chi connectivity index (χ2v) is 8.90. The lowest BCUT2D eigenvalue weighted by Gasteiger charge is -2.40. The second-order valence-electron chi connectivity index (χ2n) is 8.90. The molecule has 1 aliphatic heterocycles. The topological polar surface area (TPSA) is 78.9 Å². The fraction of sp³-hybridized carbons (Fsp3) is 0.417. The first kappa shape index (κ1) is 22.0. The molecule has 2 amide bonds. The molecule has 0 spiro atoms. The Hall–Kier alpha value is -2.70. The number of morpholine rings is 1. The number of rotatable bonds is 6. The number of amides is 2. The van der Waals surface area contributed by atoms with E-state index < -0.39 is 12.1 Å². The third-order valence-corrected chi connectivity index (χ3v) is 5.05. The van der Waals surface area contributed by atoms with Gasteiger partial charge < -0.3 is 20.1 Å². The number of carbonyl (C=O) groups excluding carboxylic acids is 2. The third kappa shape index (κ3) is 5.68. The molecule has 30 heavy (non-hydrogen) atoms. The van der Waals surface area contributed by atoms with Gasteiger partial charge in [-0.05, 0) is 28.7 Å². The monoisotopic (exact) mass is 410 g/mol. The van der Waals surface area contributed by atoms with Crippen LogP contribution in [0, 0.1) is 5.41 Å². The Morgan fingerprint density at radius 2 is 1.80 bits per heavy atom. The van der Waals surface area contributed by atoms with Gasteiger partial charge in [-0.15, -0.1) is 0 Å². The summed E-state index contributed by atoms with van der Waals surface area (Å²) in [7, 11) is 0. The van der Waals surface area contributed by atoms with E-state index in [9.17, 15) is 14.7 Å². The minimum Gasteiger partial charge on any atom is -0.394 e. The lowest BCUT2D eigenvalue weighted by atomic mass is 9.92. The molecule has 160 valence electrons. The lowest BCUT2D eigenvalue weighted by Crippen LogP contribution is -2.52. The standard InChI is InChI=1S/C24H30N2O4/c1-24(2,3)13-21(28)25-19-11-9-18(10-12-19)23-20(15-27)26(22(29)16-30-23)14-17-7-5-4-6-8-17/h4-12,20,23,27H,13-16H2,1-3H3,(H,25,28). The molecular weight excluding hydrogens is 380 g/mol. The van der Waals surface area contributed by atoms with Crippen molar-refractivity contribution in [1.29, 1.82) is 0 Å². The first-order valence-corrected chi connectivity index (χ1v) is 10.2. The first-order valence-electron chi connectivity index (χ1n) is 10.2. The molecule has 0 bridgehead atoms. The van der Waals surface area contributed by atoms with Crippen LogP contribution in [0.5, 0.6) is 0 Å². The van der Waals surface area contributed by atoms with Crippen molar-refractivity contribution < 1.29 is 19.4 Å². The molecule has 2 aromatic rings. The highest BCUT2D eigenvalue weighted by atomic mass is 16.5. The Morgan fingerprint density at radius 1 is 1.13 bits per heavy atom. The molecule has 2 unspecified atom stereocenters. The third-order valence-electron chi connectivity index (χ3n) is 5.05. The van der Waals surface area contributed by atoms with Crippen LogP contribution in [0.3, 0.4) is 0 Å². The number of benzene rings is 2. The molecule has 2 N–H and O–H groups in total. The number of carbonyl (C=O) groups is 2. The quantitative estimate of drug-likeness (QED) is 0.764. The summed E-state index contributed by atoms with van der Waals surface area (Å²) in [5, 5.41) is 12.9. The van der Waals surface area contributed by atoms with Gasteiger partial charge >= 0.3 is 0 Å². The highest BCUT2D eigenvalue weighted by molar-refractivity contribution is 5.91. The van der Waals surface area contributed by atoms with Crippen LogP contribution in [0.1, 0.15) is 44.4 Å². The Bertz CT molecular complexity index is 859. The predicted octanol–water partition coefficient (Wildman–Crippen LogP) is 3.52. The average molecular weight is 411 g/mol. The zero-order valence-corrected chi connectivity index (χ0v) is 17.8. The Labute approximate surface area is 177 Å². The summed E-state index contributed by atoms with van der Waals surface area (Å²) < 4.78 is 5.80. The van der Waals surface area contributed by atoms with Gasteiger partial charge in [-0.1, -0.05) is 63.2 Å². The van der Waals surface area contributed by atoms with Crippen LogP contribution in [-0.4, -0.2) is 41.1 Å². The van der Waals surface area contributed by atoms with Crippen molar-refractivity contribution in [3.05, 3.63) is 65.7 Å². The molecule has 1 heterocycles. The van der Waals surface area contributed by atoms with Gasteiger partial charge in [0.05, 0.1) is 12.6 Å². The van der Waals surface area contributed by atoms with Crippen molar-refractivity contribution in [2.24, 2.45) is 5.41 Å². The molecule has 6 nitrogen and oxygen atoms in total. The number of hydrogen-bond donors (Lipinski definition) is 2. The molecule has 0 radical (unpaired) electrons. The number of anilines is 1. The lowest BCUT2D eigenvalue weighted by molar-refractivity contribution is -0.162. The van der Waals surface area contributed by atoms with E-state index in [2.05, 4.69) is 5.32 Å². The van der Waals surface area contributed by atoms with Crippen LogP contribution in [0.15, 0.2) is 54.6 Å². The molecule has 1 fully saturated rings. The van der Waals surface area contributed by atoms with Crippen molar-refractivity contribution in [2.45, 2.75) is 45.9 Å².